The number of nitrogens with one attached hydrogen (secondary N) is 1. The Balaban J connectivity index is 1.63. The normalized spacial score (nSPS) is 30.3. The standard InChI is InChI=1S/C15H19BrN2O/c1-9(14-5-10-2-3-11(14)4-10)18-15(19)12-6-13(16)8-17-7-12/h6-11,14H,2-5H2,1H3,(H,18,19)/t9-,10-,11-,14+/m0/s1. The van der Waals surface area contributed by atoms with E-state index >= 15 is 0 Å². The summed E-state index contributed by atoms with van der Waals surface area (Å²) in [4.78, 5) is 16.2. The lowest BCUT2D eigenvalue weighted by Crippen LogP contribution is -2.40. The van der Waals surface area contributed by atoms with Gasteiger partial charge >= 0.3 is 0 Å². The molecule has 3 rings (SSSR count). The zero-order valence-corrected chi connectivity index (χ0v) is 12.7. The molecule has 2 aliphatic rings. The van der Waals surface area contributed by atoms with Crippen molar-refractivity contribution >= 4 is 21.8 Å². The first-order chi connectivity index (χ1) is 9.13. The number of carbonyl (C=O) groups excluding carboxylic acids is 1. The Labute approximate surface area is 122 Å². The van der Waals surface area contributed by atoms with Crippen LogP contribution in [0.4, 0.5) is 0 Å². The van der Waals surface area contributed by atoms with E-state index in [9.17, 15) is 4.79 Å². The molecule has 0 saturated heterocycles. The monoisotopic (exact) mass is 322 g/mol. The number of halogens is 1. The number of fused-ring (bicyclic) bond motifs is 2. The third kappa shape index (κ3) is 2.69. The van der Waals surface area contributed by atoms with Gasteiger partial charge < -0.3 is 5.32 Å². The summed E-state index contributed by atoms with van der Waals surface area (Å²) in [6.07, 6.45) is 8.74. The number of nitrogens with zero attached hydrogens (tertiary/aromatic N) is 1. The maximum absolute atomic E-state index is 12.2. The second-order valence-corrected chi connectivity index (χ2v) is 6.91. The largest absolute Gasteiger partial charge is 0.349 e. The summed E-state index contributed by atoms with van der Waals surface area (Å²) < 4.78 is 0.840. The van der Waals surface area contributed by atoms with E-state index in [-0.39, 0.29) is 11.9 Å². The minimum Gasteiger partial charge on any atom is -0.349 e. The smallest absolute Gasteiger partial charge is 0.253 e. The van der Waals surface area contributed by atoms with Gasteiger partial charge in [0.25, 0.3) is 5.91 Å². The van der Waals surface area contributed by atoms with Crippen molar-refractivity contribution in [3.63, 3.8) is 0 Å². The Hall–Kier alpha value is -0.900. The fourth-order valence-corrected chi connectivity index (χ4v) is 4.20. The van der Waals surface area contributed by atoms with Crippen LogP contribution in [0.1, 0.15) is 43.0 Å². The van der Waals surface area contributed by atoms with Gasteiger partial charge in [0.05, 0.1) is 5.56 Å². The lowest BCUT2D eigenvalue weighted by atomic mass is 9.84. The summed E-state index contributed by atoms with van der Waals surface area (Å²) in [6.45, 7) is 2.15. The average molecular weight is 323 g/mol. The van der Waals surface area contributed by atoms with Gasteiger partial charge in [-0.1, -0.05) is 6.42 Å². The van der Waals surface area contributed by atoms with Crippen LogP contribution in [0, 0.1) is 17.8 Å². The molecule has 1 aromatic rings. The topological polar surface area (TPSA) is 42.0 Å². The quantitative estimate of drug-likeness (QED) is 0.926. The molecule has 1 aromatic heterocycles. The maximum Gasteiger partial charge on any atom is 0.253 e. The summed E-state index contributed by atoms with van der Waals surface area (Å²) in [5, 5.41) is 3.15. The minimum absolute atomic E-state index is 0.0101. The summed E-state index contributed by atoms with van der Waals surface area (Å²) >= 11 is 3.35. The van der Waals surface area contributed by atoms with Gasteiger partial charge in [0.15, 0.2) is 0 Å². The third-order valence-corrected chi connectivity index (χ3v) is 5.19. The number of amides is 1. The van der Waals surface area contributed by atoms with Crippen LogP contribution < -0.4 is 5.32 Å². The lowest BCUT2D eigenvalue weighted by Gasteiger charge is -2.28. The molecule has 2 saturated carbocycles. The van der Waals surface area contributed by atoms with Crippen LogP contribution in [0.15, 0.2) is 22.9 Å². The molecule has 1 N–H and O–H groups in total. The molecule has 19 heavy (non-hydrogen) atoms. The average Bonchev–Trinajstić information content (AvgIpc) is 3.00. The fourth-order valence-electron chi connectivity index (χ4n) is 3.84. The van der Waals surface area contributed by atoms with E-state index in [0.29, 0.717) is 11.5 Å². The highest BCUT2D eigenvalue weighted by atomic mass is 79.9. The molecule has 1 heterocycles. The van der Waals surface area contributed by atoms with E-state index in [1.54, 1.807) is 12.4 Å². The Morgan fingerprint density at radius 1 is 1.42 bits per heavy atom. The van der Waals surface area contributed by atoms with Crippen molar-refractivity contribution in [3.8, 4) is 0 Å². The molecule has 4 heteroatoms. The lowest BCUT2D eigenvalue weighted by molar-refractivity contribution is 0.0915. The predicted octanol–water partition coefficient (Wildman–Crippen LogP) is 3.40. The maximum atomic E-state index is 12.2. The predicted molar refractivity (Wildman–Crippen MR) is 77.8 cm³/mol. The molecule has 2 fully saturated rings. The van der Waals surface area contributed by atoms with E-state index in [1.165, 1.54) is 25.7 Å². The van der Waals surface area contributed by atoms with Crippen molar-refractivity contribution in [2.24, 2.45) is 17.8 Å². The molecule has 0 radical (unpaired) electrons. The Kier molecular flexibility index (Phi) is 3.61. The van der Waals surface area contributed by atoms with Gasteiger partial charge in [-0.05, 0) is 65.9 Å². The van der Waals surface area contributed by atoms with E-state index < -0.39 is 0 Å². The summed E-state index contributed by atoms with van der Waals surface area (Å²) in [5.41, 5.74) is 0.629. The van der Waals surface area contributed by atoms with Crippen molar-refractivity contribution in [1.29, 1.82) is 0 Å². The highest BCUT2D eigenvalue weighted by Gasteiger charge is 2.42. The highest BCUT2D eigenvalue weighted by Crippen LogP contribution is 2.49. The molecule has 0 spiro atoms. The Bertz CT molecular complexity index is 491. The fraction of sp³-hybridized carbons (Fsp3) is 0.600. The number of aromatic nitrogens is 1. The highest BCUT2D eigenvalue weighted by molar-refractivity contribution is 9.10. The molecule has 2 aliphatic carbocycles. The summed E-state index contributed by atoms with van der Waals surface area (Å²) in [5.74, 6) is 2.41. The van der Waals surface area contributed by atoms with Crippen molar-refractivity contribution in [2.75, 3.05) is 0 Å². The number of rotatable bonds is 3. The summed E-state index contributed by atoms with van der Waals surface area (Å²) in [6, 6.07) is 2.08. The van der Waals surface area contributed by atoms with Gasteiger partial charge in [-0.15, -0.1) is 0 Å². The zero-order valence-electron chi connectivity index (χ0n) is 11.1. The van der Waals surface area contributed by atoms with Gasteiger partial charge in [0.1, 0.15) is 0 Å². The molecule has 2 bridgehead atoms. The number of pyridine rings is 1. The van der Waals surface area contributed by atoms with Crippen molar-refractivity contribution in [1.82, 2.24) is 10.3 Å². The second-order valence-electron chi connectivity index (χ2n) is 5.99. The molecule has 3 nitrogen and oxygen atoms in total. The molecule has 4 atom stereocenters. The van der Waals surface area contributed by atoms with Gasteiger partial charge in [-0.2, -0.15) is 0 Å². The van der Waals surface area contributed by atoms with Gasteiger partial charge in [0.2, 0.25) is 0 Å². The first kappa shape index (κ1) is 13.1. The van der Waals surface area contributed by atoms with E-state index in [1.807, 2.05) is 6.07 Å². The number of hydrogen-bond donors (Lipinski definition) is 1. The summed E-state index contributed by atoms with van der Waals surface area (Å²) in [7, 11) is 0. The first-order valence-electron chi connectivity index (χ1n) is 7.05. The third-order valence-electron chi connectivity index (χ3n) is 4.76. The Morgan fingerprint density at radius 3 is 2.89 bits per heavy atom. The van der Waals surface area contributed by atoms with Crippen LogP contribution in [0.5, 0.6) is 0 Å². The van der Waals surface area contributed by atoms with Crippen LogP contribution in [0.25, 0.3) is 0 Å². The molecular formula is C15H19BrN2O. The van der Waals surface area contributed by atoms with E-state index in [4.69, 9.17) is 0 Å². The Morgan fingerprint density at radius 2 is 2.26 bits per heavy atom. The van der Waals surface area contributed by atoms with E-state index in [0.717, 1.165) is 16.3 Å². The van der Waals surface area contributed by atoms with Crippen LogP contribution in [0.2, 0.25) is 0 Å². The molecule has 0 aliphatic heterocycles. The molecular weight excluding hydrogens is 304 g/mol. The minimum atomic E-state index is -0.0101. The van der Waals surface area contributed by atoms with Crippen LogP contribution in [-0.2, 0) is 0 Å². The van der Waals surface area contributed by atoms with Crippen LogP contribution >= 0.6 is 15.9 Å². The van der Waals surface area contributed by atoms with Crippen molar-refractivity contribution < 1.29 is 4.79 Å². The molecule has 1 amide bonds. The van der Waals surface area contributed by atoms with Crippen molar-refractivity contribution in [3.05, 3.63) is 28.5 Å². The molecule has 102 valence electrons. The van der Waals surface area contributed by atoms with Gasteiger partial charge in [-0.25, -0.2) is 0 Å². The van der Waals surface area contributed by atoms with Gasteiger partial charge in [0, 0.05) is 22.9 Å². The zero-order chi connectivity index (χ0) is 13.4. The van der Waals surface area contributed by atoms with Crippen LogP contribution in [-0.4, -0.2) is 16.9 Å². The molecule has 0 unspecified atom stereocenters. The number of hydrogen-bond acceptors (Lipinski definition) is 2. The van der Waals surface area contributed by atoms with Gasteiger partial charge in [-0.3, -0.25) is 9.78 Å². The first-order valence-corrected chi connectivity index (χ1v) is 7.84. The van der Waals surface area contributed by atoms with E-state index in [2.05, 4.69) is 33.2 Å². The van der Waals surface area contributed by atoms with Crippen molar-refractivity contribution in [2.45, 2.75) is 38.6 Å². The SMILES string of the molecule is C[C@H](NC(=O)c1cncc(Br)c1)[C@H]1C[C@H]2CC[C@H]1C2. The van der Waals surface area contributed by atoms with Crippen LogP contribution in [0.3, 0.4) is 0 Å². The second kappa shape index (κ2) is 5.23. The number of carbonyl (C=O) groups is 1. The molecule has 0 aromatic carbocycles.